The molecular formula is C28H33F6NO10S2. The first-order valence-electron chi connectivity index (χ1n) is 15.4. The fourth-order valence-electron chi connectivity index (χ4n) is 9.54. The fraction of sp³-hybridized carbons (Fsp3) is 0.893. The first-order valence-corrected chi connectivity index (χ1v) is 17.8. The summed E-state index contributed by atoms with van der Waals surface area (Å²) in [5.41, 5.74) is -1.14. The highest BCUT2D eigenvalue weighted by atomic mass is 32.2. The lowest BCUT2D eigenvalue weighted by Crippen LogP contribution is -2.65. The molecule has 1 N–H and O–H groups in total. The van der Waals surface area contributed by atoms with Gasteiger partial charge >= 0.3 is 39.2 Å². The largest absolute Gasteiger partial charge is 0.458 e. The maximum atomic E-state index is 14.2. The predicted molar refractivity (Wildman–Crippen MR) is 146 cm³/mol. The summed E-state index contributed by atoms with van der Waals surface area (Å²) in [5, 5.41) is -6.27. The first-order chi connectivity index (χ1) is 21.6. The summed E-state index contributed by atoms with van der Waals surface area (Å²) in [6, 6.07) is -1.06. The van der Waals surface area contributed by atoms with Crippen LogP contribution in [0.15, 0.2) is 0 Å². The Bertz CT molecular complexity index is 1460. The van der Waals surface area contributed by atoms with Crippen molar-refractivity contribution < 1.29 is 72.6 Å². The van der Waals surface area contributed by atoms with Crippen molar-refractivity contribution in [1.29, 1.82) is 0 Å². The van der Waals surface area contributed by atoms with Gasteiger partial charge in [0.05, 0.1) is 28.5 Å². The van der Waals surface area contributed by atoms with Crippen LogP contribution in [0.3, 0.4) is 0 Å². The van der Waals surface area contributed by atoms with Crippen LogP contribution in [0.4, 0.5) is 26.3 Å². The highest BCUT2D eigenvalue weighted by molar-refractivity contribution is 8.01. The summed E-state index contributed by atoms with van der Waals surface area (Å²) in [4.78, 5) is 42.4. The Kier molecular flexibility index (Phi) is 7.41. The van der Waals surface area contributed by atoms with Gasteiger partial charge in [-0.3, -0.25) is 18.9 Å². The van der Waals surface area contributed by atoms with Gasteiger partial charge in [0.2, 0.25) is 5.91 Å². The van der Waals surface area contributed by atoms with Crippen molar-refractivity contribution in [2.45, 2.75) is 97.5 Å². The number of fused-ring (bicyclic) bond motifs is 1. The molecule has 4 aliphatic heterocycles. The average Bonchev–Trinajstić information content (AvgIpc) is 3.55. The minimum absolute atomic E-state index is 0.0558. The van der Waals surface area contributed by atoms with Gasteiger partial charge in [-0.15, -0.1) is 11.8 Å². The predicted octanol–water partition coefficient (Wildman–Crippen LogP) is 3.11. The number of thioether (sulfide) groups is 1. The number of halogens is 6. The Morgan fingerprint density at radius 2 is 1.62 bits per heavy atom. The number of hydrogen-bond acceptors (Lipinski definition) is 10. The Balaban J connectivity index is 1.13. The van der Waals surface area contributed by atoms with Gasteiger partial charge in [-0.2, -0.15) is 34.8 Å². The molecule has 0 aromatic rings. The summed E-state index contributed by atoms with van der Waals surface area (Å²) in [6.07, 6.45) is 0.238. The molecule has 4 heterocycles. The van der Waals surface area contributed by atoms with Crippen molar-refractivity contribution in [3.63, 3.8) is 0 Å². The molecule has 1 amide bonds. The minimum Gasteiger partial charge on any atom is -0.458 e. The third-order valence-corrected chi connectivity index (χ3v) is 14.0. The van der Waals surface area contributed by atoms with Crippen LogP contribution in [0.25, 0.3) is 0 Å². The lowest BCUT2D eigenvalue weighted by Gasteiger charge is -2.62. The van der Waals surface area contributed by atoms with E-state index in [4.69, 9.17) is 18.8 Å². The number of ether oxygens (including phenoxy) is 4. The van der Waals surface area contributed by atoms with E-state index in [0.717, 1.165) is 0 Å². The second-order valence-corrected chi connectivity index (χ2v) is 17.3. The van der Waals surface area contributed by atoms with E-state index in [2.05, 4.69) is 4.74 Å². The van der Waals surface area contributed by atoms with E-state index >= 15 is 0 Å². The molecule has 4 saturated carbocycles. The molecule has 8 fully saturated rings. The van der Waals surface area contributed by atoms with Gasteiger partial charge in [0.15, 0.2) is 12.4 Å². The molecule has 6 bridgehead atoms. The summed E-state index contributed by atoms with van der Waals surface area (Å²) in [5.74, 6) is -16.8. The number of carbonyl (C=O) groups excluding carboxylic acids is 3. The van der Waals surface area contributed by atoms with Gasteiger partial charge in [-0.25, -0.2) is 0 Å². The lowest BCUT2D eigenvalue weighted by atomic mass is 9.47. The van der Waals surface area contributed by atoms with Crippen LogP contribution in [0.1, 0.15) is 46.0 Å². The van der Waals surface area contributed by atoms with E-state index in [0.29, 0.717) is 19.3 Å². The molecule has 8 rings (SSSR count). The number of likely N-dealkylation sites (tertiary alicyclic amines) is 1. The molecule has 1 spiro atoms. The van der Waals surface area contributed by atoms with Gasteiger partial charge < -0.3 is 23.8 Å². The van der Waals surface area contributed by atoms with E-state index in [-0.39, 0.29) is 18.8 Å². The zero-order chi connectivity index (χ0) is 34.3. The second kappa shape index (κ2) is 10.4. The fourth-order valence-corrected chi connectivity index (χ4v) is 11.8. The molecule has 264 valence electrons. The number of alkyl halides is 6. The molecule has 0 aromatic heterocycles. The topological polar surface area (TPSA) is 146 Å². The molecule has 8 aliphatic rings. The first kappa shape index (κ1) is 33.7. The number of rotatable bonds is 7. The number of nitrogens with zero attached hydrogens (tertiary/aromatic N) is 1. The molecule has 0 aromatic carbocycles. The van der Waals surface area contributed by atoms with Crippen LogP contribution in [0.5, 0.6) is 0 Å². The molecule has 8 unspecified atom stereocenters. The molecule has 19 heteroatoms. The molecule has 0 radical (unpaired) electrons. The molecule has 11 nitrogen and oxygen atoms in total. The number of esters is 2. The quantitative estimate of drug-likeness (QED) is 0.235. The summed E-state index contributed by atoms with van der Waals surface area (Å²) >= 11 is 1.18. The van der Waals surface area contributed by atoms with Crippen LogP contribution >= 0.6 is 11.8 Å². The van der Waals surface area contributed by atoms with E-state index in [1.54, 1.807) is 13.8 Å². The van der Waals surface area contributed by atoms with E-state index in [1.165, 1.54) is 16.7 Å². The van der Waals surface area contributed by atoms with Gasteiger partial charge in [0, 0.05) is 23.1 Å². The lowest BCUT2D eigenvalue weighted by molar-refractivity contribution is -0.346. The minimum atomic E-state index is -5.90. The van der Waals surface area contributed by atoms with Crippen molar-refractivity contribution in [3.05, 3.63) is 0 Å². The standard InChI is InChI=1S/C28H33F6NO10S2/c1-11(2)35-17-18(20-16(15(21(35)36)19(17)46-20)22(37)42-10-27(33,34)47(39,40)41)45-23(38)24-5-12-3-13(6-24)28(14(4-12)7-24)43-8-25(29,30)26(31,32)9-44-28/h11-20H,3-10H2,1-2H3,(H,39,40,41). The van der Waals surface area contributed by atoms with Crippen molar-refractivity contribution in [1.82, 2.24) is 4.90 Å². The third-order valence-electron chi connectivity index (χ3n) is 11.4. The SMILES string of the molecule is CC(C)N1C(=O)C2C3SC(C(OC(=O)C45CC6CC(C4)C4(OCC(F)(F)C(F)(F)CO4)C(C6)C5)C31)C2C(=O)OCC(F)(F)S(=O)(=O)O. The summed E-state index contributed by atoms with van der Waals surface area (Å²) < 4.78 is 137. The normalized spacial score (nSPS) is 42.3. The Labute approximate surface area is 269 Å². The van der Waals surface area contributed by atoms with Gasteiger partial charge in [0.1, 0.15) is 19.3 Å². The zero-order valence-electron chi connectivity index (χ0n) is 25.1. The summed E-state index contributed by atoms with van der Waals surface area (Å²) in [6.45, 7) is -1.61. The van der Waals surface area contributed by atoms with Crippen molar-refractivity contribution in [2.24, 2.45) is 35.0 Å². The Morgan fingerprint density at radius 3 is 2.15 bits per heavy atom. The van der Waals surface area contributed by atoms with E-state index in [1.807, 2.05) is 0 Å². The Hall–Kier alpha value is -1.83. The monoisotopic (exact) mass is 721 g/mol. The average molecular weight is 722 g/mol. The highest BCUT2D eigenvalue weighted by Crippen LogP contribution is 2.67. The van der Waals surface area contributed by atoms with Crippen molar-refractivity contribution >= 4 is 39.7 Å². The molecular weight excluding hydrogens is 688 g/mol. The van der Waals surface area contributed by atoms with Crippen molar-refractivity contribution in [3.8, 4) is 0 Å². The molecule has 4 saturated heterocycles. The van der Waals surface area contributed by atoms with Gasteiger partial charge in [0.25, 0.3) is 0 Å². The second-order valence-electron chi connectivity index (χ2n) is 14.4. The zero-order valence-corrected chi connectivity index (χ0v) is 26.7. The van der Waals surface area contributed by atoms with Crippen LogP contribution < -0.4 is 0 Å². The summed E-state index contributed by atoms with van der Waals surface area (Å²) in [7, 11) is -5.90. The highest BCUT2D eigenvalue weighted by Gasteiger charge is 2.74. The Morgan fingerprint density at radius 1 is 1.04 bits per heavy atom. The van der Waals surface area contributed by atoms with Crippen LogP contribution in [0, 0.1) is 35.0 Å². The van der Waals surface area contributed by atoms with Crippen LogP contribution in [-0.4, -0.2) is 107 Å². The number of amides is 1. The smallest absolute Gasteiger partial charge is 0.402 e. The van der Waals surface area contributed by atoms with Gasteiger partial charge in [-0.1, -0.05) is 0 Å². The molecule has 8 atom stereocenters. The maximum absolute atomic E-state index is 14.2. The third kappa shape index (κ3) is 4.71. The van der Waals surface area contributed by atoms with Crippen LogP contribution in [-0.2, 0) is 43.4 Å². The number of hydrogen-bond donors (Lipinski definition) is 1. The van der Waals surface area contributed by atoms with Crippen molar-refractivity contribution in [2.75, 3.05) is 19.8 Å². The number of carbonyl (C=O) groups is 3. The van der Waals surface area contributed by atoms with Crippen LogP contribution in [0.2, 0.25) is 0 Å². The molecule has 47 heavy (non-hydrogen) atoms. The van der Waals surface area contributed by atoms with Gasteiger partial charge in [-0.05, 0) is 51.9 Å². The van der Waals surface area contributed by atoms with E-state index in [9.17, 15) is 49.1 Å². The molecule has 4 aliphatic carbocycles. The van der Waals surface area contributed by atoms with E-state index < -0.39 is 128 Å². The maximum Gasteiger partial charge on any atom is 0.402 e.